The van der Waals surface area contributed by atoms with E-state index in [1.54, 1.807) is 0 Å². The van der Waals surface area contributed by atoms with Crippen molar-refractivity contribution >= 4 is 15.9 Å². The topological polar surface area (TPSA) is 58.9 Å². The SMILES string of the molecule is NCc1[nH]c(=O)c(Br)cc1C(F)F. The maximum atomic E-state index is 12.3. The van der Waals surface area contributed by atoms with Gasteiger partial charge in [-0.15, -0.1) is 0 Å². The fraction of sp³-hybridized carbons (Fsp3) is 0.286. The lowest BCUT2D eigenvalue weighted by molar-refractivity contribution is 0.149. The molecular weight excluding hydrogens is 246 g/mol. The van der Waals surface area contributed by atoms with Gasteiger partial charge in [-0.1, -0.05) is 0 Å². The van der Waals surface area contributed by atoms with Crippen molar-refractivity contribution < 1.29 is 8.78 Å². The number of aromatic amines is 1. The van der Waals surface area contributed by atoms with Crippen LogP contribution >= 0.6 is 15.9 Å². The summed E-state index contributed by atoms with van der Waals surface area (Å²) >= 11 is 2.86. The normalized spacial score (nSPS) is 10.8. The second-order valence-electron chi connectivity index (χ2n) is 2.39. The Balaban J connectivity index is 3.33. The summed E-state index contributed by atoms with van der Waals surface area (Å²) in [4.78, 5) is 13.2. The lowest BCUT2D eigenvalue weighted by Gasteiger charge is -2.06. The Bertz CT molecular complexity index is 364. The summed E-state index contributed by atoms with van der Waals surface area (Å²) < 4.78 is 24.7. The maximum Gasteiger partial charge on any atom is 0.265 e. The van der Waals surface area contributed by atoms with Crippen molar-refractivity contribution in [3.8, 4) is 0 Å². The molecule has 0 aliphatic heterocycles. The molecule has 1 rings (SSSR count). The van der Waals surface area contributed by atoms with E-state index in [1.807, 2.05) is 0 Å². The summed E-state index contributed by atoms with van der Waals surface area (Å²) in [6.07, 6.45) is -2.63. The standard InChI is InChI=1S/C7H7BrF2N2O/c8-4-1-3(6(9)10)5(2-11)12-7(4)13/h1,6H,2,11H2,(H,12,13). The number of alkyl halides is 2. The van der Waals surface area contributed by atoms with Crippen LogP contribution in [0.25, 0.3) is 0 Å². The molecule has 1 aromatic heterocycles. The molecule has 0 radical (unpaired) electrons. The van der Waals surface area contributed by atoms with E-state index in [4.69, 9.17) is 5.73 Å². The molecule has 1 aromatic rings. The van der Waals surface area contributed by atoms with E-state index in [1.165, 1.54) is 0 Å². The number of aromatic nitrogens is 1. The zero-order chi connectivity index (χ0) is 10.0. The monoisotopic (exact) mass is 252 g/mol. The fourth-order valence-electron chi connectivity index (χ4n) is 0.922. The number of H-pyrrole nitrogens is 1. The molecule has 0 amide bonds. The van der Waals surface area contributed by atoms with Crippen LogP contribution in [0.5, 0.6) is 0 Å². The molecule has 0 saturated carbocycles. The Labute approximate surface area is 81.1 Å². The molecule has 0 saturated heterocycles. The molecule has 0 spiro atoms. The second kappa shape index (κ2) is 3.97. The van der Waals surface area contributed by atoms with Crippen molar-refractivity contribution in [3.63, 3.8) is 0 Å². The maximum absolute atomic E-state index is 12.3. The van der Waals surface area contributed by atoms with Crippen LogP contribution in [0.15, 0.2) is 15.3 Å². The van der Waals surface area contributed by atoms with Gasteiger partial charge in [-0.2, -0.15) is 0 Å². The predicted molar refractivity (Wildman–Crippen MR) is 47.6 cm³/mol. The summed E-state index contributed by atoms with van der Waals surface area (Å²) in [5.41, 5.74) is 4.57. The van der Waals surface area contributed by atoms with Crippen molar-refractivity contribution in [2.75, 3.05) is 0 Å². The van der Waals surface area contributed by atoms with Gasteiger partial charge in [0, 0.05) is 17.8 Å². The Morgan fingerprint density at radius 2 is 2.23 bits per heavy atom. The van der Waals surface area contributed by atoms with Crippen LogP contribution < -0.4 is 11.3 Å². The zero-order valence-electron chi connectivity index (χ0n) is 6.48. The number of hydrogen-bond acceptors (Lipinski definition) is 2. The van der Waals surface area contributed by atoms with E-state index in [0.717, 1.165) is 6.07 Å². The molecule has 72 valence electrons. The third-order valence-corrected chi connectivity index (χ3v) is 2.14. The van der Waals surface area contributed by atoms with E-state index in [-0.39, 0.29) is 22.3 Å². The first kappa shape index (κ1) is 10.3. The molecule has 0 atom stereocenters. The first-order valence-electron chi connectivity index (χ1n) is 3.46. The average Bonchev–Trinajstić information content (AvgIpc) is 2.08. The second-order valence-corrected chi connectivity index (χ2v) is 3.24. The summed E-state index contributed by atoms with van der Waals surface area (Å²) in [5, 5.41) is 0. The highest BCUT2D eigenvalue weighted by molar-refractivity contribution is 9.10. The van der Waals surface area contributed by atoms with Gasteiger partial charge in [0.15, 0.2) is 0 Å². The molecule has 0 aliphatic rings. The molecule has 0 fully saturated rings. The van der Waals surface area contributed by atoms with Gasteiger partial charge in [-0.05, 0) is 22.0 Å². The van der Waals surface area contributed by atoms with E-state index < -0.39 is 12.0 Å². The van der Waals surface area contributed by atoms with E-state index in [9.17, 15) is 13.6 Å². The van der Waals surface area contributed by atoms with Gasteiger partial charge in [0.1, 0.15) is 0 Å². The average molecular weight is 253 g/mol. The highest BCUT2D eigenvalue weighted by Gasteiger charge is 2.14. The van der Waals surface area contributed by atoms with Gasteiger partial charge in [0.05, 0.1) is 4.47 Å². The van der Waals surface area contributed by atoms with Crippen molar-refractivity contribution in [1.82, 2.24) is 4.98 Å². The Hall–Kier alpha value is -0.750. The van der Waals surface area contributed by atoms with E-state index in [0.29, 0.717) is 0 Å². The van der Waals surface area contributed by atoms with Crippen molar-refractivity contribution in [2.24, 2.45) is 5.73 Å². The molecule has 0 aliphatic carbocycles. The van der Waals surface area contributed by atoms with Gasteiger partial charge in [-0.25, -0.2) is 8.78 Å². The summed E-state index contributed by atoms with van der Waals surface area (Å²) in [5.74, 6) is 0. The van der Waals surface area contributed by atoms with Gasteiger partial charge in [0.2, 0.25) is 0 Å². The molecule has 0 aromatic carbocycles. The quantitative estimate of drug-likeness (QED) is 0.839. The Kier molecular flexibility index (Phi) is 3.16. The summed E-state index contributed by atoms with van der Waals surface area (Å²) in [6, 6.07) is 1.09. The van der Waals surface area contributed by atoms with Gasteiger partial charge < -0.3 is 10.7 Å². The Morgan fingerprint density at radius 3 is 2.69 bits per heavy atom. The Morgan fingerprint density at radius 1 is 1.62 bits per heavy atom. The van der Waals surface area contributed by atoms with Crippen LogP contribution in [0.4, 0.5) is 8.78 Å². The van der Waals surface area contributed by atoms with Crippen LogP contribution in [-0.2, 0) is 6.54 Å². The van der Waals surface area contributed by atoms with Gasteiger partial charge >= 0.3 is 0 Å². The lowest BCUT2D eigenvalue weighted by Crippen LogP contribution is -2.15. The molecule has 0 bridgehead atoms. The fourth-order valence-corrected chi connectivity index (χ4v) is 1.27. The van der Waals surface area contributed by atoms with Crippen molar-refractivity contribution in [2.45, 2.75) is 13.0 Å². The molecule has 1 heterocycles. The number of nitrogens with one attached hydrogen (secondary N) is 1. The largest absolute Gasteiger partial charge is 0.325 e. The number of nitrogens with two attached hydrogens (primary N) is 1. The summed E-state index contributed by atoms with van der Waals surface area (Å²) in [7, 11) is 0. The minimum Gasteiger partial charge on any atom is -0.325 e. The highest BCUT2D eigenvalue weighted by atomic mass is 79.9. The van der Waals surface area contributed by atoms with Crippen LogP contribution in [-0.4, -0.2) is 4.98 Å². The lowest BCUT2D eigenvalue weighted by atomic mass is 10.2. The number of rotatable bonds is 2. The van der Waals surface area contributed by atoms with Gasteiger partial charge in [-0.3, -0.25) is 4.79 Å². The molecule has 6 heteroatoms. The zero-order valence-corrected chi connectivity index (χ0v) is 8.07. The minimum atomic E-state index is -2.63. The summed E-state index contributed by atoms with van der Waals surface area (Å²) in [6.45, 7) is -0.109. The number of hydrogen-bond donors (Lipinski definition) is 2. The van der Waals surface area contributed by atoms with E-state index >= 15 is 0 Å². The predicted octanol–water partition coefficient (Wildman–Crippen LogP) is 1.53. The van der Waals surface area contributed by atoms with Crippen molar-refractivity contribution in [1.29, 1.82) is 0 Å². The van der Waals surface area contributed by atoms with Crippen molar-refractivity contribution in [3.05, 3.63) is 32.2 Å². The van der Waals surface area contributed by atoms with Gasteiger partial charge in [0.25, 0.3) is 12.0 Å². The third kappa shape index (κ3) is 2.13. The minimum absolute atomic E-state index is 0.0724. The van der Waals surface area contributed by atoms with Crippen LogP contribution in [0.1, 0.15) is 17.7 Å². The third-order valence-electron chi connectivity index (χ3n) is 1.55. The van der Waals surface area contributed by atoms with Crippen LogP contribution in [0.3, 0.4) is 0 Å². The first-order chi connectivity index (χ1) is 6.06. The molecule has 0 unspecified atom stereocenters. The molecule has 3 nitrogen and oxygen atoms in total. The first-order valence-corrected chi connectivity index (χ1v) is 4.25. The molecular formula is C7H7BrF2N2O. The number of halogens is 3. The van der Waals surface area contributed by atoms with E-state index in [2.05, 4.69) is 20.9 Å². The smallest absolute Gasteiger partial charge is 0.265 e. The molecule has 3 N–H and O–H groups in total. The number of pyridine rings is 1. The van der Waals surface area contributed by atoms with Crippen LogP contribution in [0, 0.1) is 0 Å². The van der Waals surface area contributed by atoms with Crippen LogP contribution in [0.2, 0.25) is 0 Å². The highest BCUT2D eigenvalue weighted by Crippen LogP contribution is 2.22. The molecule has 13 heavy (non-hydrogen) atoms.